The van der Waals surface area contributed by atoms with Gasteiger partial charge in [-0.05, 0) is 12.5 Å². The van der Waals surface area contributed by atoms with E-state index >= 15 is 0 Å². The lowest BCUT2D eigenvalue weighted by molar-refractivity contribution is 0.397. The second-order valence-electron chi connectivity index (χ2n) is 2.78. The van der Waals surface area contributed by atoms with E-state index in [0.29, 0.717) is 0 Å². The van der Waals surface area contributed by atoms with Gasteiger partial charge in [0.2, 0.25) is 0 Å². The van der Waals surface area contributed by atoms with Crippen LogP contribution in [0.15, 0.2) is 30.3 Å². The predicted molar refractivity (Wildman–Crippen MR) is 47.5 cm³/mol. The zero-order valence-corrected chi connectivity index (χ0v) is 6.95. The third kappa shape index (κ3) is 1.34. The van der Waals surface area contributed by atoms with Crippen molar-refractivity contribution in [2.75, 3.05) is 0 Å². The summed E-state index contributed by atoms with van der Waals surface area (Å²) in [4.78, 5) is 0. The highest BCUT2D eigenvalue weighted by Gasteiger charge is 2.38. The first-order valence-electron chi connectivity index (χ1n) is 4.04. The van der Waals surface area contributed by atoms with Crippen LogP contribution in [-0.4, -0.2) is 6.10 Å². The molecule has 0 N–H and O–H groups in total. The molecule has 0 saturated carbocycles. The maximum absolute atomic E-state index is 5.37. The van der Waals surface area contributed by atoms with Crippen molar-refractivity contribution in [2.24, 2.45) is 0 Å². The van der Waals surface area contributed by atoms with Gasteiger partial charge in [0.05, 0.1) is 0 Å². The van der Waals surface area contributed by atoms with E-state index in [9.17, 15) is 0 Å². The maximum Gasteiger partial charge on any atom is 0.149 e. The Morgan fingerprint density at radius 2 is 2.00 bits per heavy atom. The van der Waals surface area contributed by atoms with Crippen LogP contribution >= 0.6 is 0 Å². The molecule has 2 rings (SSSR count). The third-order valence-electron chi connectivity index (χ3n) is 1.91. The summed E-state index contributed by atoms with van der Waals surface area (Å²) in [6.45, 7) is 1.84. The quantitative estimate of drug-likeness (QED) is 0.450. The average molecular weight is 158 g/mol. The van der Waals surface area contributed by atoms with Crippen molar-refractivity contribution in [3.8, 4) is 11.8 Å². The lowest BCUT2D eigenvalue weighted by Gasteiger charge is -1.90. The third-order valence-corrected chi connectivity index (χ3v) is 1.91. The number of hydrogen-bond donors (Lipinski definition) is 0. The first-order chi connectivity index (χ1) is 5.92. The van der Waals surface area contributed by atoms with Crippen molar-refractivity contribution in [1.82, 2.24) is 0 Å². The summed E-state index contributed by atoms with van der Waals surface area (Å²) in [6.07, 6.45) is 0.357. The van der Waals surface area contributed by atoms with Gasteiger partial charge in [0, 0.05) is 0 Å². The topological polar surface area (TPSA) is 12.5 Å². The Morgan fingerprint density at radius 3 is 2.67 bits per heavy atom. The predicted octanol–water partition coefficient (Wildman–Crippen LogP) is 2.15. The van der Waals surface area contributed by atoms with E-state index in [1.54, 1.807) is 0 Å². The van der Waals surface area contributed by atoms with Crippen LogP contribution in [0.5, 0.6) is 0 Å². The van der Waals surface area contributed by atoms with Crippen LogP contribution in [0, 0.1) is 11.8 Å². The molecular weight excluding hydrogens is 148 g/mol. The molecule has 0 aliphatic carbocycles. The summed E-state index contributed by atoms with van der Waals surface area (Å²) in [5.41, 5.74) is 1.23. The molecule has 1 nitrogen and oxygen atoms in total. The molecule has 0 unspecified atom stereocenters. The van der Waals surface area contributed by atoms with Crippen LogP contribution in [-0.2, 0) is 4.74 Å². The van der Waals surface area contributed by atoms with Crippen molar-refractivity contribution in [2.45, 2.75) is 19.1 Å². The standard InChI is InChI=1S/C11H10O/c1-2-6-10-11(12-10)9-7-4-3-5-8-9/h3-5,7-8,10-11H,1H3/t10-,11-/m1/s1. The van der Waals surface area contributed by atoms with Crippen molar-refractivity contribution in [3.63, 3.8) is 0 Å². The fraction of sp³-hybridized carbons (Fsp3) is 0.273. The minimum atomic E-state index is 0.136. The van der Waals surface area contributed by atoms with Gasteiger partial charge in [0.25, 0.3) is 0 Å². The molecule has 1 aliphatic rings. The molecule has 12 heavy (non-hydrogen) atoms. The Hall–Kier alpha value is -1.26. The van der Waals surface area contributed by atoms with Crippen LogP contribution < -0.4 is 0 Å². The first-order valence-corrected chi connectivity index (χ1v) is 4.04. The highest BCUT2D eigenvalue weighted by atomic mass is 16.6. The summed E-state index contributed by atoms with van der Waals surface area (Å²) in [6, 6.07) is 10.2. The van der Waals surface area contributed by atoms with Crippen LogP contribution in [0.4, 0.5) is 0 Å². The molecule has 0 aromatic heterocycles. The van der Waals surface area contributed by atoms with Gasteiger partial charge in [-0.25, -0.2) is 0 Å². The zero-order valence-electron chi connectivity index (χ0n) is 6.95. The maximum atomic E-state index is 5.37. The molecule has 1 aliphatic heterocycles. The summed E-state index contributed by atoms with van der Waals surface area (Å²) in [7, 11) is 0. The SMILES string of the molecule is CC#C[C@H]1O[C@@H]1c1ccccc1. The van der Waals surface area contributed by atoms with Crippen LogP contribution in [0.2, 0.25) is 0 Å². The van der Waals surface area contributed by atoms with Crippen LogP contribution in [0.1, 0.15) is 18.6 Å². The van der Waals surface area contributed by atoms with E-state index in [0.717, 1.165) is 0 Å². The van der Waals surface area contributed by atoms with E-state index < -0.39 is 0 Å². The molecule has 0 amide bonds. The van der Waals surface area contributed by atoms with Gasteiger partial charge in [-0.2, -0.15) is 0 Å². The smallest absolute Gasteiger partial charge is 0.149 e. The van der Waals surface area contributed by atoms with Gasteiger partial charge in [0.15, 0.2) is 0 Å². The number of epoxide rings is 1. The Kier molecular flexibility index (Phi) is 1.85. The minimum Gasteiger partial charge on any atom is -0.351 e. The van der Waals surface area contributed by atoms with Crippen molar-refractivity contribution >= 4 is 0 Å². The van der Waals surface area contributed by atoms with E-state index in [-0.39, 0.29) is 12.2 Å². The van der Waals surface area contributed by atoms with Gasteiger partial charge < -0.3 is 4.74 Å². The second kappa shape index (κ2) is 3.00. The van der Waals surface area contributed by atoms with E-state index in [2.05, 4.69) is 24.0 Å². The van der Waals surface area contributed by atoms with Gasteiger partial charge in [-0.15, -0.1) is 5.92 Å². The molecule has 1 heteroatoms. The van der Waals surface area contributed by atoms with Crippen molar-refractivity contribution < 1.29 is 4.74 Å². The van der Waals surface area contributed by atoms with Gasteiger partial charge >= 0.3 is 0 Å². The molecule has 1 aromatic rings. The highest BCUT2D eigenvalue weighted by Crippen LogP contribution is 2.37. The molecule has 2 atom stereocenters. The van der Waals surface area contributed by atoms with Gasteiger partial charge in [0.1, 0.15) is 12.2 Å². The monoisotopic (exact) mass is 158 g/mol. The van der Waals surface area contributed by atoms with Crippen LogP contribution in [0.3, 0.4) is 0 Å². The molecule has 60 valence electrons. The highest BCUT2D eigenvalue weighted by molar-refractivity contribution is 5.27. The number of hydrogen-bond acceptors (Lipinski definition) is 1. The molecular formula is C11H10O. The Bertz CT molecular complexity index is 318. The normalized spacial score (nSPS) is 25.8. The lowest BCUT2D eigenvalue weighted by Crippen LogP contribution is -1.83. The number of ether oxygens (including phenoxy) is 1. The Morgan fingerprint density at radius 1 is 1.25 bits per heavy atom. The Labute approximate surface area is 72.4 Å². The molecule has 1 heterocycles. The fourth-order valence-corrected chi connectivity index (χ4v) is 1.26. The summed E-state index contributed by atoms with van der Waals surface area (Å²) >= 11 is 0. The van der Waals surface area contributed by atoms with E-state index in [1.165, 1.54) is 5.56 Å². The molecule has 1 fully saturated rings. The second-order valence-corrected chi connectivity index (χ2v) is 2.78. The lowest BCUT2D eigenvalue weighted by atomic mass is 10.1. The van der Waals surface area contributed by atoms with E-state index in [4.69, 9.17) is 4.74 Å². The summed E-state index contributed by atoms with van der Waals surface area (Å²) < 4.78 is 5.37. The molecule has 0 radical (unpaired) electrons. The molecule has 0 spiro atoms. The number of rotatable bonds is 1. The van der Waals surface area contributed by atoms with Crippen molar-refractivity contribution in [3.05, 3.63) is 35.9 Å². The number of benzene rings is 1. The minimum absolute atomic E-state index is 0.136. The van der Waals surface area contributed by atoms with E-state index in [1.807, 2.05) is 25.1 Å². The summed E-state index contributed by atoms with van der Waals surface area (Å²) in [5.74, 6) is 5.85. The molecule has 0 bridgehead atoms. The largest absolute Gasteiger partial charge is 0.351 e. The summed E-state index contributed by atoms with van der Waals surface area (Å²) in [5, 5.41) is 0. The first kappa shape index (κ1) is 7.39. The molecule has 1 saturated heterocycles. The van der Waals surface area contributed by atoms with Gasteiger partial charge in [-0.1, -0.05) is 36.3 Å². The molecule has 1 aromatic carbocycles. The zero-order chi connectivity index (χ0) is 8.39. The van der Waals surface area contributed by atoms with Crippen molar-refractivity contribution in [1.29, 1.82) is 0 Å². The van der Waals surface area contributed by atoms with Gasteiger partial charge in [-0.3, -0.25) is 0 Å². The average Bonchev–Trinajstić information content (AvgIpc) is 2.87. The fourth-order valence-electron chi connectivity index (χ4n) is 1.26. The Balaban J connectivity index is 2.09. The van der Waals surface area contributed by atoms with Crippen LogP contribution in [0.25, 0.3) is 0 Å².